The average molecular weight is 287 g/mol. The van der Waals surface area contributed by atoms with Gasteiger partial charge in [0.1, 0.15) is 5.76 Å². The summed E-state index contributed by atoms with van der Waals surface area (Å²) >= 11 is 1.43. The predicted octanol–water partition coefficient (Wildman–Crippen LogP) is 3.63. The van der Waals surface area contributed by atoms with E-state index in [2.05, 4.69) is 15.4 Å². The van der Waals surface area contributed by atoms with Gasteiger partial charge in [-0.25, -0.2) is 0 Å². The van der Waals surface area contributed by atoms with Crippen LogP contribution >= 0.6 is 11.8 Å². The van der Waals surface area contributed by atoms with Gasteiger partial charge in [-0.1, -0.05) is 34.6 Å². The molecule has 2 heterocycles. The fourth-order valence-corrected chi connectivity index (χ4v) is 2.34. The Balaban J connectivity index is 1.69. The largest absolute Gasteiger partial charge is 0.411 e. The average Bonchev–Trinajstić information content (AvgIpc) is 3.06. The molecule has 3 aromatic rings. The maximum atomic E-state index is 5.62. The van der Waals surface area contributed by atoms with Crippen LogP contribution < -0.4 is 0 Å². The smallest absolute Gasteiger partial charge is 0.277 e. The standard InChI is InChI=1S/C14H13N3O2S/c1-9-3-5-11(6-4-9)13-15-16-14(18-13)20-8-12-7-10(2)17-19-12/h3-7H,8H2,1-2H3. The molecule has 0 unspecified atom stereocenters. The molecule has 0 aliphatic carbocycles. The van der Waals surface area contributed by atoms with Crippen molar-refractivity contribution in [3.8, 4) is 11.5 Å². The van der Waals surface area contributed by atoms with Crippen molar-refractivity contribution < 1.29 is 8.94 Å². The zero-order valence-corrected chi connectivity index (χ0v) is 12.0. The summed E-state index contributed by atoms with van der Waals surface area (Å²) in [4.78, 5) is 0. The van der Waals surface area contributed by atoms with Gasteiger partial charge < -0.3 is 8.94 Å². The maximum absolute atomic E-state index is 5.62. The Morgan fingerprint density at radius 3 is 2.60 bits per heavy atom. The van der Waals surface area contributed by atoms with Gasteiger partial charge in [-0.15, -0.1) is 10.2 Å². The first-order chi connectivity index (χ1) is 9.70. The molecule has 0 radical (unpaired) electrons. The molecule has 0 spiro atoms. The van der Waals surface area contributed by atoms with Gasteiger partial charge in [0.2, 0.25) is 5.89 Å². The Bertz CT molecular complexity index is 703. The molecule has 102 valence electrons. The van der Waals surface area contributed by atoms with Gasteiger partial charge in [0, 0.05) is 11.6 Å². The minimum Gasteiger partial charge on any atom is -0.411 e. The van der Waals surface area contributed by atoms with E-state index in [0.29, 0.717) is 16.9 Å². The zero-order chi connectivity index (χ0) is 13.9. The number of benzene rings is 1. The summed E-state index contributed by atoms with van der Waals surface area (Å²) in [5, 5.41) is 12.4. The molecule has 0 saturated carbocycles. The van der Waals surface area contributed by atoms with E-state index in [1.807, 2.05) is 44.2 Å². The van der Waals surface area contributed by atoms with E-state index < -0.39 is 0 Å². The monoisotopic (exact) mass is 287 g/mol. The quantitative estimate of drug-likeness (QED) is 0.683. The van der Waals surface area contributed by atoms with Gasteiger partial charge in [-0.05, 0) is 26.0 Å². The lowest BCUT2D eigenvalue weighted by Crippen LogP contribution is -1.78. The number of nitrogens with zero attached hydrogens (tertiary/aromatic N) is 3. The topological polar surface area (TPSA) is 65.0 Å². The van der Waals surface area contributed by atoms with E-state index in [1.165, 1.54) is 17.3 Å². The molecule has 1 aromatic carbocycles. The van der Waals surface area contributed by atoms with Crippen molar-refractivity contribution in [2.24, 2.45) is 0 Å². The molecule has 3 rings (SSSR count). The number of aromatic nitrogens is 3. The second-order valence-electron chi connectivity index (χ2n) is 4.46. The molecule has 0 atom stereocenters. The van der Waals surface area contributed by atoms with Crippen molar-refractivity contribution in [2.45, 2.75) is 24.8 Å². The molecular weight excluding hydrogens is 274 g/mol. The minimum atomic E-state index is 0.523. The Morgan fingerprint density at radius 1 is 1.10 bits per heavy atom. The highest BCUT2D eigenvalue weighted by atomic mass is 32.2. The molecule has 20 heavy (non-hydrogen) atoms. The van der Waals surface area contributed by atoms with E-state index in [0.717, 1.165) is 17.0 Å². The molecule has 0 amide bonds. The summed E-state index contributed by atoms with van der Waals surface area (Å²) in [5.41, 5.74) is 2.99. The van der Waals surface area contributed by atoms with E-state index in [4.69, 9.17) is 8.94 Å². The van der Waals surface area contributed by atoms with Gasteiger partial charge in [-0.2, -0.15) is 0 Å². The molecule has 0 saturated heterocycles. The van der Waals surface area contributed by atoms with Gasteiger partial charge >= 0.3 is 0 Å². The molecule has 0 aliphatic heterocycles. The van der Waals surface area contributed by atoms with Crippen LogP contribution in [0.25, 0.3) is 11.5 Å². The van der Waals surface area contributed by atoms with Crippen molar-refractivity contribution in [3.63, 3.8) is 0 Å². The summed E-state index contributed by atoms with van der Waals surface area (Å²) in [5.74, 6) is 1.94. The normalized spacial score (nSPS) is 10.9. The fraction of sp³-hybridized carbons (Fsp3) is 0.214. The summed E-state index contributed by atoms with van der Waals surface area (Å²) in [6.45, 7) is 3.93. The lowest BCUT2D eigenvalue weighted by atomic mass is 10.1. The summed E-state index contributed by atoms with van der Waals surface area (Å²) < 4.78 is 10.7. The third-order valence-electron chi connectivity index (χ3n) is 2.72. The summed E-state index contributed by atoms with van der Waals surface area (Å²) in [6, 6.07) is 9.87. The third-order valence-corrected chi connectivity index (χ3v) is 3.56. The van der Waals surface area contributed by atoms with Crippen LogP contribution in [0, 0.1) is 13.8 Å². The molecule has 0 aliphatic rings. The summed E-state index contributed by atoms with van der Waals surface area (Å²) in [7, 11) is 0. The zero-order valence-electron chi connectivity index (χ0n) is 11.2. The Hall–Kier alpha value is -2.08. The number of thioether (sulfide) groups is 1. The van der Waals surface area contributed by atoms with Crippen molar-refractivity contribution >= 4 is 11.8 Å². The Kier molecular flexibility index (Phi) is 3.56. The third kappa shape index (κ3) is 2.91. The SMILES string of the molecule is Cc1ccc(-c2nnc(SCc3cc(C)no3)o2)cc1. The second kappa shape index (κ2) is 5.50. The highest BCUT2D eigenvalue weighted by Crippen LogP contribution is 2.25. The van der Waals surface area contributed by atoms with Gasteiger partial charge in [0.15, 0.2) is 0 Å². The number of hydrogen-bond donors (Lipinski definition) is 0. The molecule has 5 nitrogen and oxygen atoms in total. The highest BCUT2D eigenvalue weighted by Gasteiger charge is 2.10. The molecule has 2 aromatic heterocycles. The fourth-order valence-electron chi connectivity index (χ4n) is 1.70. The van der Waals surface area contributed by atoms with Gasteiger partial charge in [0.25, 0.3) is 5.22 Å². The van der Waals surface area contributed by atoms with E-state index in [9.17, 15) is 0 Å². The first-order valence-electron chi connectivity index (χ1n) is 6.16. The summed E-state index contributed by atoms with van der Waals surface area (Å²) in [6.07, 6.45) is 0. The highest BCUT2D eigenvalue weighted by molar-refractivity contribution is 7.98. The van der Waals surface area contributed by atoms with Gasteiger partial charge in [0.05, 0.1) is 11.4 Å². The minimum absolute atomic E-state index is 0.523. The first kappa shape index (κ1) is 12.9. The predicted molar refractivity (Wildman–Crippen MR) is 75.3 cm³/mol. The van der Waals surface area contributed by atoms with Crippen molar-refractivity contribution in [1.82, 2.24) is 15.4 Å². The van der Waals surface area contributed by atoms with Crippen LogP contribution in [-0.4, -0.2) is 15.4 Å². The van der Waals surface area contributed by atoms with Crippen LogP contribution in [0.5, 0.6) is 0 Å². The lowest BCUT2D eigenvalue weighted by molar-refractivity contribution is 0.390. The molecule has 0 N–H and O–H groups in total. The lowest BCUT2D eigenvalue weighted by Gasteiger charge is -1.95. The van der Waals surface area contributed by atoms with Crippen molar-refractivity contribution in [3.05, 3.63) is 47.3 Å². The van der Waals surface area contributed by atoms with Crippen LogP contribution in [0.15, 0.2) is 44.5 Å². The van der Waals surface area contributed by atoms with E-state index in [1.54, 1.807) is 0 Å². The van der Waals surface area contributed by atoms with Crippen LogP contribution in [0.3, 0.4) is 0 Å². The second-order valence-corrected chi connectivity index (χ2v) is 5.39. The molecule has 0 fully saturated rings. The van der Waals surface area contributed by atoms with E-state index >= 15 is 0 Å². The molecule has 6 heteroatoms. The number of rotatable bonds is 4. The molecular formula is C14H13N3O2S. The van der Waals surface area contributed by atoms with Crippen LogP contribution in [0.1, 0.15) is 17.0 Å². The van der Waals surface area contributed by atoms with E-state index in [-0.39, 0.29) is 0 Å². The Morgan fingerprint density at radius 2 is 1.90 bits per heavy atom. The van der Waals surface area contributed by atoms with Crippen molar-refractivity contribution in [1.29, 1.82) is 0 Å². The first-order valence-corrected chi connectivity index (χ1v) is 7.15. The Labute approximate surface area is 120 Å². The number of hydrogen-bond acceptors (Lipinski definition) is 6. The van der Waals surface area contributed by atoms with Crippen LogP contribution in [0.2, 0.25) is 0 Å². The van der Waals surface area contributed by atoms with Gasteiger partial charge in [-0.3, -0.25) is 0 Å². The molecule has 0 bridgehead atoms. The number of aryl methyl sites for hydroxylation is 2. The van der Waals surface area contributed by atoms with Crippen LogP contribution in [-0.2, 0) is 5.75 Å². The van der Waals surface area contributed by atoms with Crippen molar-refractivity contribution in [2.75, 3.05) is 0 Å². The maximum Gasteiger partial charge on any atom is 0.277 e. The van der Waals surface area contributed by atoms with Crippen LogP contribution in [0.4, 0.5) is 0 Å².